The van der Waals surface area contributed by atoms with Crippen LogP contribution in [0.3, 0.4) is 0 Å². The molecule has 0 saturated carbocycles. The molecule has 0 aliphatic rings. The summed E-state index contributed by atoms with van der Waals surface area (Å²) in [5.41, 5.74) is 4.84. The van der Waals surface area contributed by atoms with Gasteiger partial charge in [0, 0.05) is 0 Å². The summed E-state index contributed by atoms with van der Waals surface area (Å²) >= 11 is 0. The molecule has 7 nitrogen and oxygen atoms in total. The van der Waals surface area contributed by atoms with Crippen LogP contribution < -0.4 is 71.7 Å². The fourth-order valence-corrected chi connectivity index (χ4v) is 0.750. The largest absolute Gasteiger partial charge is 1.00 e. The Bertz CT molecular complexity index is 332. The maximum absolute atomic E-state index is 10.5. The van der Waals surface area contributed by atoms with E-state index in [4.69, 9.17) is 15.2 Å². The fraction of sp³-hybridized carbons (Fsp3) is 0.286. The molecular formula is C7H9KN4O3. The number of methoxy groups -OCH3 is 2. The van der Waals surface area contributed by atoms with Gasteiger partial charge in [0.25, 0.3) is 5.95 Å². The maximum atomic E-state index is 10.5. The number of rotatable bonds is 3. The molecule has 0 radical (unpaired) electrons. The second-order valence-electron chi connectivity index (χ2n) is 2.20. The first-order valence-electron chi connectivity index (χ1n) is 3.64. The van der Waals surface area contributed by atoms with Gasteiger partial charge in [0.2, 0.25) is 11.8 Å². The standard InChI is InChI=1S/C7H10N4O3.K/c1-13-4-3-5(14-2)10-7(9-4)11-6(8)12;/h3H,1-2H3,(H3,8,9,10,11,12);/q;+1/p-1. The van der Waals surface area contributed by atoms with Gasteiger partial charge in [-0.3, -0.25) is 0 Å². The molecule has 0 unspecified atom stereocenters. The summed E-state index contributed by atoms with van der Waals surface area (Å²) in [7, 11) is 2.85. The first-order chi connectivity index (χ1) is 6.65. The Hall–Kier alpha value is -0.414. The molecule has 0 bridgehead atoms. The van der Waals surface area contributed by atoms with Crippen molar-refractivity contribution in [2.45, 2.75) is 0 Å². The molecule has 76 valence electrons. The van der Waals surface area contributed by atoms with Crippen LogP contribution in [0.4, 0.5) is 5.95 Å². The van der Waals surface area contributed by atoms with Gasteiger partial charge in [0.1, 0.15) is 0 Å². The minimum Gasteiger partial charge on any atom is -0.846 e. The average molecular weight is 236 g/mol. The zero-order chi connectivity index (χ0) is 10.6. The van der Waals surface area contributed by atoms with Crippen LogP contribution in [-0.4, -0.2) is 30.2 Å². The van der Waals surface area contributed by atoms with Crippen LogP contribution >= 0.6 is 0 Å². The Balaban J connectivity index is 0.00000196. The molecule has 0 spiro atoms. The van der Waals surface area contributed by atoms with Gasteiger partial charge in [-0.1, -0.05) is 0 Å². The summed E-state index contributed by atoms with van der Waals surface area (Å²) in [6, 6.07) is 0.584. The monoisotopic (exact) mass is 236 g/mol. The van der Waals surface area contributed by atoms with Crippen LogP contribution in [0.25, 0.3) is 0 Å². The predicted octanol–water partition coefficient (Wildman–Crippen LogP) is -4.20. The minimum atomic E-state index is -0.875. The van der Waals surface area contributed by atoms with E-state index in [0.29, 0.717) is 0 Å². The number of nitrogens with two attached hydrogens (primary N) is 1. The molecule has 0 fully saturated rings. The number of hydrogen-bond acceptors (Lipinski definition) is 6. The zero-order valence-corrected chi connectivity index (χ0v) is 11.8. The Morgan fingerprint density at radius 2 is 1.80 bits per heavy atom. The molecule has 0 amide bonds. The molecule has 0 atom stereocenters. The predicted molar refractivity (Wildman–Crippen MR) is 46.4 cm³/mol. The van der Waals surface area contributed by atoms with Crippen LogP contribution in [0, 0.1) is 0 Å². The summed E-state index contributed by atoms with van der Waals surface area (Å²) in [6.45, 7) is 0. The van der Waals surface area contributed by atoms with E-state index in [1.807, 2.05) is 0 Å². The molecule has 0 saturated heterocycles. The molecule has 1 aromatic rings. The van der Waals surface area contributed by atoms with Crippen LogP contribution in [0.2, 0.25) is 0 Å². The molecule has 1 heterocycles. The van der Waals surface area contributed by atoms with Crippen molar-refractivity contribution in [2.24, 2.45) is 10.7 Å². The van der Waals surface area contributed by atoms with Crippen molar-refractivity contribution in [2.75, 3.05) is 14.2 Å². The van der Waals surface area contributed by atoms with Gasteiger partial charge in [-0.2, -0.15) is 9.97 Å². The van der Waals surface area contributed by atoms with E-state index in [2.05, 4.69) is 15.0 Å². The third kappa shape index (κ3) is 4.75. The van der Waals surface area contributed by atoms with Crippen molar-refractivity contribution >= 4 is 12.0 Å². The number of aromatic nitrogens is 2. The minimum absolute atomic E-state index is 0. The summed E-state index contributed by atoms with van der Waals surface area (Å²) in [5.74, 6) is 0.405. The molecule has 2 N–H and O–H groups in total. The van der Waals surface area contributed by atoms with E-state index < -0.39 is 6.02 Å². The summed E-state index contributed by atoms with van der Waals surface area (Å²) < 4.78 is 9.67. The quantitative estimate of drug-likeness (QED) is 0.324. The van der Waals surface area contributed by atoms with Crippen LogP contribution in [0.5, 0.6) is 11.8 Å². The number of ether oxygens (including phenoxy) is 2. The van der Waals surface area contributed by atoms with E-state index in [1.165, 1.54) is 20.3 Å². The Labute approximate surface area is 129 Å². The molecule has 1 aromatic heterocycles. The van der Waals surface area contributed by atoms with Gasteiger partial charge in [-0.25, -0.2) is 4.99 Å². The van der Waals surface area contributed by atoms with E-state index in [9.17, 15) is 5.11 Å². The SMILES string of the molecule is COc1cc(OC)nc(/N=C(/N)[O-])n1.[K+]. The van der Waals surface area contributed by atoms with Gasteiger partial charge < -0.3 is 20.3 Å². The molecule has 0 aliphatic carbocycles. The van der Waals surface area contributed by atoms with E-state index in [1.54, 1.807) is 0 Å². The number of amidine groups is 1. The third-order valence-electron chi connectivity index (χ3n) is 1.30. The van der Waals surface area contributed by atoms with Crippen LogP contribution in [0.1, 0.15) is 0 Å². The molecular weight excluding hydrogens is 227 g/mol. The Morgan fingerprint density at radius 1 is 1.33 bits per heavy atom. The second-order valence-corrected chi connectivity index (χ2v) is 2.20. The molecule has 1 rings (SSSR count). The van der Waals surface area contributed by atoms with Crippen LogP contribution in [-0.2, 0) is 0 Å². The van der Waals surface area contributed by atoms with Gasteiger partial charge in [0.05, 0.1) is 26.3 Å². The van der Waals surface area contributed by atoms with Crippen molar-refractivity contribution in [1.82, 2.24) is 9.97 Å². The van der Waals surface area contributed by atoms with E-state index in [0.717, 1.165) is 0 Å². The number of aliphatic imine (C=N–C) groups is 1. The van der Waals surface area contributed by atoms with E-state index >= 15 is 0 Å². The average Bonchev–Trinajstić information content (AvgIpc) is 2.16. The van der Waals surface area contributed by atoms with Crippen molar-refractivity contribution in [3.8, 4) is 11.8 Å². The van der Waals surface area contributed by atoms with Crippen molar-refractivity contribution in [1.29, 1.82) is 0 Å². The Kier molecular flexibility index (Phi) is 6.77. The maximum Gasteiger partial charge on any atom is 1.00 e. The number of nitrogens with zero attached hydrogens (tertiary/aromatic N) is 3. The summed E-state index contributed by atoms with van der Waals surface area (Å²) in [6.07, 6.45) is 0. The van der Waals surface area contributed by atoms with Gasteiger partial charge in [-0.15, -0.1) is 0 Å². The second kappa shape index (κ2) is 6.96. The van der Waals surface area contributed by atoms with Crippen LogP contribution in [0.15, 0.2) is 11.1 Å². The normalized spacial score (nSPS) is 10.4. The van der Waals surface area contributed by atoms with Gasteiger partial charge in [-0.05, 0) is 0 Å². The molecule has 0 aromatic carbocycles. The molecule has 8 heteroatoms. The first-order valence-corrected chi connectivity index (χ1v) is 3.64. The van der Waals surface area contributed by atoms with Crippen molar-refractivity contribution in [3.63, 3.8) is 0 Å². The summed E-state index contributed by atoms with van der Waals surface area (Å²) in [5, 5.41) is 10.5. The smallest absolute Gasteiger partial charge is 0.846 e. The fourth-order valence-electron chi connectivity index (χ4n) is 0.750. The first kappa shape index (κ1) is 14.6. The zero-order valence-electron chi connectivity index (χ0n) is 8.72. The van der Waals surface area contributed by atoms with Gasteiger partial charge in [0.15, 0.2) is 0 Å². The Morgan fingerprint density at radius 3 is 2.13 bits per heavy atom. The third-order valence-corrected chi connectivity index (χ3v) is 1.30. The van der Waals surface area contributed by atoms with Crippen molar-refractivity contribution in [3.05, 3.63) is 6.07 Å². The van der Waals surface area contributed by atoms with Crippen molar-refractivity contribution < 1.29 is 66.0 Å². The summed E-state index contributed by atoms with van der Waals surface area (Å²) in [4.78, 5) is 10.9. The topological polar surface area (TPSA) is 106 Å². The van der Waals surface area contributed by atoms with Gasteiger partial charge >= 0.3 is 51.4 Å². The number of hydrogen-bond donors (Lipinski definition) is 1. The molecule has 15 heavy (non-hydrogen) atoms. The van der Waals surface area contributed by atoms with E-state index in [-0.39, 0.29) is 69.1 Å². The molecule has 0 aliphatic heterocycles.